The van der Waals surface area contributed by atoms with Gasteiger partial charge in [-0.2, -0.15) is 5.10 Å². The molecule has 0 aliphatic rings. The molecule has 2 aromatic rings. The Bertz CT molecular complexity index is 529. The molecule has 0 spiro atoms. The van der Waals surface area contributed by atoms with Gasteiger partial charge in [0.25, 0.3) is 0 Å². The lowest BCUT2D eigenvalue weighted by molar-refractivity contribution is 0.0987. The average molecular weight is 250 g/mol. The van der Waals surface area contributed by atoms with Gasteiger partial charge in [0.15, 0.2) is 5.78 Å². The van der Waals surface area contributed by atoms with E-state index in [2.05, 4.69) is 10.1 Å². The number of thiazole rings is 1. The average Bonchev–Trinajstić information content (AvgIpc) is 2.86. The van der Waals surface area contributed by atoms with Crippen LogP contribution in [0, 0.1) is 0 Å². The first kappa shape index (κ1) is 11.9. The Labute approximate surface area is 103 Å². The lowest BCUT2D eigenvalue weighted by Gasteiger charge is -1.97. The van der Waals surface area contributed by atoms with Crippen LogP contribution in [0.3, 0.4) is 0 Å². The van der Waals surface area contributed by atoms with Gasteiger partial charge in [-0.05, 0) is 13.0 Å². The first-order valence-corrected chi connectivity index (χ1v) is 6.17. The highest BCUT2D eigenvalue weighted by atomic mass is 32.1. The van der Waals surface area contributed by atoms with Crippen LogP contribution in [-0.2, 0) is 13.5 Å². The Kier molecular flexibility index (Phi) is 3.35. The maximum absolute atomic E-state index is 11.9. The van der Waals surface area contributed by atoms with E-state index in [1.807, 2.05) is 26.2 Å². The molecule has 0 bridgehead atoms. The number of aromatic nitrogens is 3. The quantitative estimate of drug-likeness (QED) is 0.831. The highest BCUT2D eigenvalue weighted by Crippen LogP contribution is 2.17. The molecule has 90 valence electrons. The highest BCUT2D eigenvalue weighted by molar-refractivity contribution is 7.09. The topological polar surface area (TPSA) is 73.8 Å². The summed E-state index contributed by atoms with van der Waals surface area (Å²) >= 11 is 1.42. The molecular formula is C11H14N4OS. The Morgan fingerprint density at radius 2 is 2.41 bits per heavy atom. The summed E-state index contributed by atoms with van der Waals surface area (Å²) in [5.74, 6) is -0.0214. The van der Waals surface area contributed by atoms with Crippen molar-refractivity contribution >= 4 is 17.1 Å². The number of carbonyl (C=O) groups is 1. The molecule has 1 unspecified atom stereocenters. The van der Waals surface area contributed by atoms with Crippen LogP contribution in [0.15, 0.2) is 17.6 Å². The predicted octanol–water partition coefficient (Wildman–Crippen LogP) is 1.32. The summed E-state index contributed by atoms with van der Waals surface area (Å²) in [5.41, 5.74) is 6.94. The van der Waals surface area contributed by atoms with Crippen LogP contribution in [0.1, 0.15) is 34.2 Å². The number of hydrogen-bond donors (Lipinski definition) is 1. The number of nitrogens with two attached hydrogens (primary N) is 1. The monoisotopic (exact) mass is 250 g/mol. The molecule has 0 saturated carbocycles. The van der Waals surface area contributed by atoms with Gasteiger partial charge < -0.3 is 5.73 Å². The molecule has 2 rings (SSSR count). The van der Waals surface area contributed by atoms with Crippen molar-refractivity contribution in [3.05, 3.63) is 34.0 Å². The number of carbonyl (C=O) groups excluding carboxylic acids is 1. The van der Waals surface area contributed by atoms with Crippen molar-refractivity contribution in [2.75, 3.05) is 0 Å². The van der Waals surface area contributed by atoms with Crippen molar-refractivity contribution in [2.24, 2.45) is 12.8 Å². The van der Waals surface area contributed by atoms with Gasteiger partial charge in [0.05, 0.1) is 18.2 Å². The lowest BCUT2D eigenvalue weighted by Crippen LogP contribution is -2.08. The minimum absolute atomic E-state index is 0.0214. The van der Waals surface area contributed by atoms with Crippen molar-refractivity contribution in [2.45, 2.75) is 19.4 Å². The minimum atomic E-state index is -0.128. The van der Waals surface area contributed by atoms with Gasteiger partial charge in [0.2, 0.25) is 0 Å². The molecule has 0 fully saturated rings. The van der Waals surface area contributed by atoms with Gasteiger partial charge in [0.1, 0.15) is 10.7 Å². The summed E-state index contributed by atoms with van der Waals surface area (Å²) in [6.07, 6.45) is 2.10. The van der Waals surface area contributed by atoms with Crippen LogP contribution in [0.5, 0.6) is 0 Å². The van der Waals surface area contributed by atoms with Gasteiger partial charge in [-0.3, -0.25) is 9.48 Å². The zero-order chi connectivity index (χ0) is 12.4. The van der Waals surface area contributed by atoms with E-state index in [1.54, 1.807) is 10.1 Å². The van der Waals surface area contributed by atoms with E-state index in [4.69, 9.17) is 5.73 Å². The van der Waals surface area contributed by atoms with E-state index in [9.17, 15) is 4.79 Å². The van der Waals surface area contributed by atoms with Crippen molar-refractivity contribution in [1.82, 2.24) is 14.8 Å². The smallest absolute Gasteiger partial charge is 0.188 e. The van der Waals surface area contributed by atoms with Gasteiger partial charge >= 0.3 is 0 Å². The molecule has 0 radical (unpaired) electrons. The zero-order valence-electron chi connectivity index (χ0n) is 9.75. The third-order valence-corrected chi connectivity index (χ3v) is 3.35. The van der Waals surface area contributed by atoms with Gasteiger partial charge in [-0.15, -0.1) is 11.3 Å². The molecule has 0 saturated heterocycles. The molecule has 5 nitrogen and oxygen atoms in total. The standard InChI is InChI=1S/C11H14N4OS/c1-7(12)11-13-9(6-17-11)10(16)5-8-3-4-15(2)14-8/h3-4,6-7H,5,12H2,1-2H3. The number of hydrogen-bond acceptors (Lipinski definition) is 5. The molecule has 0 aliphatic carbocycles. The Morgan fingerprint density at radius 3 is 2.94 bits per heavy atom. The molecule has 0 aromatic carbocycles. The maximum Gasteiger partial charge on any atom is 0.188 e. The number of ketones is 1. The number of aryl methyl sites for hydroxylation is 1. The molecule has 17 heavy (non-hydrogen) atoms. The third-order valence-electron chi connectivity index (χ3n) is 2.31. The minimum Gasteiger partial charge on any atom is -0.322 e. The van der Waals surface area contributed by atoms with Crippen molar-refractivity contribution in [1.29, 1.82) is 0 Å². The van der Waals surface area contributed by atoms with E-state index in [0.29, 0.717) is 5.69 Å². The summed E-state index contributed by atoms with van der Waals surface area (Å²) in [6, 6.07) is 1.70. The molecule has 1 atom stereocenters. The van der Waals surface area contributed by atoms with E-state index in [1.165, 1.54) is 11.3 Å². The first-order chi connectivity index (χ1) is 8.06. The van der Waals surface area contributed by atoms with Crippen LogP contribution in [-0.4, -0.2) is 20.5 Å². The lowest BCUT2D eigenvalue weighted by atomic mass is 10.2. The fraction of sp³-hybridized carbons (Fsp3) is 0.364. The Morgan fingerprint density at radius 1 is 1.65 bits per heavy atom. The third kappa shape index (κ3) is 2.78. The second-order valence-corrected chi connectivity index (χ2v) is 4.83. The SMILES string of the molecule is CC(N)c1nc(C(=O)Cc2ccn(C)n2)cs1. The fourth-order valence-corrected chi connectivity index (χ4v) is 2.22. The molecule has 2 aromatic heterocycles. The van der Waals surface area contributed by atoms with Crippen LogP contribution >= 0.6 is 11.3 Å². The first-order valence-electron chi connectivity index (χ1n) is 5.29. The van der Waals surface area contributed by atoms with Crippen LogP contribution in [0.25, 0.3) is 0 Å². The zero-order valence-corrected chi connectivity index (χ0v) is 10.6. The molecule has 2 N–H and O–H groups in total. The van der Waals surface area contributed by atoms with Gasteiger partial charge in [-0.1, -0.05) is 0 Å². The maximum atomic E-state index is 11.9. The summed E-state index contributed by atoms with van der Waals surface area (Å²) < 4.78 is 1.68. The highest BCUT2D eigenvalue weighted by Gasteiger charge is 2.14. The van der Waals surface area contributed by atoms with E-state index in [-0.39, 0.29) is 18.2 Å². The number of nitrogens with zero attached hydrogens (tertiary/aromatic N) is 3. The van der Waals surface area contributed by atoms with Crippen molar-refractivity contribution in [3.63, 3.8) is 0 Å². The Balaban J connectivity index is 2.09. The summed E-state index contributed by atoms with van der Waals surface area (Å²) in [7, 11) is 1.82. The summed E-state index contributed by atoms with van der Waals surface area (Å²) in [5, 5.41) is 6.71. The van der Waals surface area contributed by atoms with Gasteiger partial charge in [0, 0.05) is 18.6 Å². The second-order valence-electron chi connectivity index (χ2n) is 3.94. The van der Waals surface area contributed by atoms with Crippen LogP contribution in [0.4, 0.5) is 0 Å². The molecule has 0 aliphatic heterocycles. The predicted molar refractivity (Wildman–Crippen MR) is 66.0 cm³/mol. The largest absolute Gasteiger partial charge is 0.322 e. The van der Waals surface area contributed by atoms with Gasteiger partial charge in [-0.25, -0.2) is 4.98 Å². The van der Waals surface area contributed by atoms with Crippen LogP contribution < -0.4 is 5.73 Å². The molecule has 6 heteroatoms. The van der Waals surface area contributed by atoms with E-state index >= 15 is 0 Å². The van der Waals surface area contributed by atoms with E-state index < -0.39 is 0 Å². The second kappa shape index (κ2) is 4.77. The molecule has 2 heterocycles. The number of rotatable bonds is 4. The summed E-state index contributed by atoms with van der Waals surface area (Å²) in [6.45, 7) is 1.85. The van der Waals surface area contributed by atoms with E-state index in [0.717, 1.165) is 10.7 Å². The van der Waals surface area contributed by atoms with Crippen molar-refractivity contribution < 1.29 is 4.79 Å². The normalized spacial score (nSPS) is 12.6. The Hall–Kier alpha value is -1.53. The number of Topliss-reactive ketones (excluding diaryl/α,β-unsaturated/α-hetero) is 1. The molecule has 0 amide bonds. The summed E-state index contributed by atoms with van der Waals surface area (Å²) in [4.78, 5) is 16.1. The van der Waals surface area contributed by atoms with Crippen LogP contribution in [0.2, 0.25) is 0 Å². The molecular weight excluding hydrogens is 236 g/mol. The van der Waals surface area contributed by atoms with Crippen molar-refractivity contribution in [3.8, 4) is 0 Å². The fourth-order valence-electron chi connectivity index (χ4n) is 1.44.